The molecule has 0 spiro atoms. The van der Waals surface area contributed by atoms with E-state index in [0.717, 1.165) is 38.4 Å². The largest absolute Gasteiger partial charge is 0.0629 e. The van der Waals surface area contributed by atoms with Crippen LogP contribution in [0.1, 0.15) is 31.8 Å². The Balaban J connectivity index is 1.30. The molecule has 0 radical (unpaired) electrons. The first kappa shape index (κ1) is 21.9. The molecule has 0 heteroatoms. The van der Waals surface area contributed by atoms with Crippen LogP contribution in [0.4, 0.5) is 0 Å². The Morgan fingerprint density at radius 1 is 0.404 bits per heavy atom. The smallest absolute Gasteiger partial charge is 0.0622 e. The van der Waals surface area contributed by atoms with Crippen LogP contribution in [0.5, 0.6) is 0 Å². The summed E-state index contributed by atoms with van der Waals surface area (Å²) in [5.41, 5.74) is 9.46. The molecular weight excluding hydrogens is 565 g/mol. The predicted molar refractivity (Wildman–Crippen MR) is 202 cm³/mol. The first-order valence-electron chi connectivity index (χ1n) is 18.7. The van der Waals surface area contributed by atoms with Gasteiger partial charge in [0, 0.05) is 5.41 Å². The molecule has 0 nitrogen and oxygen atoms in total. The number of benzene rings is 9. The van der Waals surface area contributed by atoms with Gasteiger partial charge in [-0.05, 0) is 129 Å². The molecule has 0 saturated heterocycles. The maximum Gasteiger partial charge on any atom is 0.0629 e. The lowest BCUT2D eigenvalue weighted by atomic mass is 9.68. The lowest BCUT2D eigenvalue weighted by Gasteiger charge is -2.35. The van der Waals surface area contributed by atoms with E-state index in [1.807, 2.05) is 12.1 Å². The number of hydrogen-bond donors (Lipinski definition) is 0. The highest BCUT2D eigenvalue weighted by molar-refractivity contribution is 6.25. The predicted octanol–water partition coefficient (Wildman–Crippen LogP) is 13.0. The van der Waals surface area contributed by atoms with E-state index in [2.05, 4.69) is 129 Å². The molecule has 220 valence electrons. The number of hydrogen-bond acceptors (Lipinski definition) is 0. The molecule has 0 amide bonds. The zero-order valence-electron chi connectivity index (χ0n) is 31.1. The van der Waals surface area contributed by atoms with Gasteiger partial charge in [-0.3, -0.25) is 0 Å². The third kappa shape index (κ3) is 3.82. The summed E-state index contributed by atoms with van der Waals surface area (Å²) < 4.78 is 43.2. The van der Waals surface area contributed by atoms with Crippen LogP contribution in [0.25, 0.3) is 87.6 Å². The monoisotopic (exact) mass is 601 g/mol. The second kappa shape index (κ2) is 9.64. The van der Waals surface area contributed by atoms with Crippen LogP contribution in [0.2, 0.25) is 0 Å². The summed E-state index contributed by atoms with van der Waals surface area (Å²) >= 11 is 0. The number of fused-ring (bicyclic) bond motifs is 2. The van der Waals surface area contributed by atoms with Crippen molar-refractivity contribution in [1.82, 2.24) is 0 Å². The normalized spacial score (nSPS) is 15.0. The van der Waals surface area contributed by atoms with Gasteiger partial charge in [-0.1, -0.05) is 141 Å². The van der Waals surface area contributed by atoms with E-state index in [9.17, 15) is 0 Å². The fraction of sp³-hybridized carbons (Fsp3) is 0.0638. The Morgan fingerprint density at radius 3 is 1.85 bits per heavy atom. The molecule has 47 heavy (non-hydrogen) atoms. The molecule has 1 aliphatic carbocycles. The van der Waals surface area contributed by atoms with Crippen LogP contribution in [-0.4, -0.2) is 0 Å². The van der Waals surface area contributed by atoms with Gasteiger partial charge in [0.1, 0.15) is 0 Å². The Morgan fingerprint density at radius 2 is 1.02 bits per heavy atom. The van der Waals surface area contributed by atoms with Crippen molar-refractivity contribution < 1.29 is 6.85 Å². The SMILES string of the molecule is [2H]c1c([2H])c([2H])c(-c2cc(-c3cc4c5c(cccc5c3)C(C)(C)c3ccccc3-4)cc(-c3ccc4ccc5cccc6ccc3c4c56)c2)c([2H])c1[2H]. The second-order valence-electron chi connectivity index (χ2n) is 13.4. The van der Waals surface area contributed by atoms with E-state index in [4.69, 9.17) is 6.85 Å². The van der Waals surface area contributed by atoms with Crippen LogP contribution in [0, 0.1) is 0 Å². The van der Waals surface area contributed by atoms with Gasteiger partial charge in [0.05, 0.1) is 6.85 Å². The molecule has 0 N–H and O–H groups in total. The molecule has 10 rings (SSSR count). The standard InChI is InChI=1S/C47H32/c1-47(2)42-16-7-6-15-39(42)41-28-36(24-33-14-9-17-43(47)45(33)41)35-25-34(29-10-4-3-5-11-29)26-37(27-35)38-22-20-32-19-18-30-12-8-13-31-21-23-40(38)46(32)44(30)31/h3-28H,1-2H3/i3D,4D,5D,10D,11D. The van der Waals surface area contributed by atoms with E-state index in [1.54, 1.807) is 0 Å². The fourth-order valence-electron chi connectivity index (χ4n) is 8.21. The topological polar surface area (TPSA) is 0 Å². The van der Waals surface area contributed by atoms with Crippen LogP contribution in [0.3, 0.4) is 0 Å². The van der Waals surface area contributed by atoms with Crippen LogP contribution in [0.15, 0.2) is 158 Å². The van der Waals surface area contributed by atoms with Crippen molar-refractivity contribution in [2.24, 2.45) is 0 Å². The molecular formula is C47H32. The van der Waals surface area contributed by atoms with Crippen molar-refractivity contribution in [2.75, 3.05) is 0 Å². The van der Waals surface area contributed by atoms with Crippen molar-refractivity contribution >= 4 is 43.1 Å². The molecule has 0 unspecified atom stereocenters. The van der Waals surface area contributed by atoms with Crippen molar-refractivity contribution in [3.05, 3.63) is 169 Å². The molecule has 9 aromatic carbocycles. The molecule has 0 atom stereocenters. The molecule has 0 aromatic heterocycles. The summed E-state index contributed by atoms with van der Waals surface area (Å²) in [5.74, 6) is 0. The molecule has 0 bridgehead atoms. The minimum Gasteiger partial charge on any atom is -0.0622 e. The quantitative estimate of drug-likeness (QED) is 0.177. The molecule has 0 heterocycles. The minimum absolute atomic E-state index is 0.159. The van der Waals surface area contributed by atoms with E-state index in [-0.39, 0.29) is 35.1 Å². The molecule has 0 saturated carbocycles. The first-order valence-corrected chi connectivity index (χ1v) is 16.2. The summed E-state index contributed by atoms with van der Waals surface area (Å²) in [6.45, 7) is 4.59. The zero-order chi connectivity index (χ0) is 35.6. The van der Waals surface area contributed by atoms with Gasteiger partial charge in [-0.15, -0.1) is 0 Å². The molecule has 0 fully saturated rings. The maximum atomic E-state index is 8.95. The fourth-order valence-corrected chi connectivity index (χ4v) is 8.21. The van der Waals surface area contributed by atoms with Gasteiger partial charge in [0.25, 0.3) is 0 Å². The minimum atomic E-state index is -0.395. The molecule has 0 aliphatic heterocycles. The van der Waals surface area contributed by atoms with Crippen molar-refractivity contribution in [3.8, 4) is 44.5 Å². The van der Waals surface area contributed by atoms with E-state index >= 15 is 0 Å². The van der Waals surface area contributed by atoms with Gasteiger partial charge in [0.15, 0.2) is 0 Å². The Kier molecular flexibility index (Phi) is 4.50. The van der Waals surface area contributed by atoms with Gasteiger partial charge in [-0.25, -0.2) is 0 Å². The zero-order valence-corrected chi connectivity index (χ0v) is 26.1. The Labute approximate surface area is 281 Å². The summed E-state index contributed by atoms with van der Waals surface area (Å²) in [4.78, 5) is 0. The highest BCUT2D eigenvalue weighted by atomic mass is 14.4. The van der Waals surface area contributed by atoms with Crippen molar-refractivity contribution in [1.29, 1.82) is 0 Å². The summed E-state index contributed by atoms with van der Waals surface area (Å²) in [6, 6.07) is 43.9. The average Bonchev–Trinajstić information content (AvgIpc) is 3.17. The number of rotatable bonds is 3. The van der Waals surface area contributed by atoms with Crippen LogP contribution in [-0.2, 0) is 5.41 Å². The van der Waals surface area contributed by atoms with E-state index < -0.39 is 6.04 Å². The maximum absolute atomic E-state index is 8.95. The second-order valence-corrected chi connectivity index (χ2v) is 13.4. The Hall–Kier alpha value is -5.72. The summed E-state index contributed by atoms with van der Waals surface area (Å²) in [6.07, 6.45) is 0. The van der Waals surface area contributed by atoms with Gasteiger partial charge in [0.2, 0.25) is 0 Å². The van der Waals surface area contributed by atoms with Crippen LogP contribution >= 0.6 is 0 Å². The van der Waals surface area contributed by atoms with Crippen molar-refractivity contribution in [3.63, 3.8) is 0 Å². The summed E-state index contributed by atoms with van der Waals surface area (Å²) in [7, 11) is 0. The summed E-state index contributed by atoms with van der Waals surface area (Å²) in [5, 5.41) is 9.48. The van der Waals surface area contributed by atoms with E-state index in [1.165, 1.54) is 49.2 Å². The van der Waals surface area contributed by atoms with Crippen molar-refractivity contribution in [2.45, 2.75) is 19.3 Å². The highest BCUT2D eigenvalue weighted by Gasteiger charge is 2.33. The third-order valence-electron chi connectivity index (χ3n) is 10.4. The first-order chi connectivity index (χ1) is 25.1. The van der Waals surface area contributed by atoms with Gasteiger partial charge < -0.3 is 0 Å². The Bertz CT molecular complexity index is 2950. The van der Waals surface area contributed by atoms with Crippen LogP contribution < -0.4 is 0 Å². The van der Waals surface area contributed by atoms with Gasteiger partial charge >= 0.3 is 0 Å². The lowest BCUT2D eigenvalue weighted by Crippen LogP contribution is -2.23. The highest BCUT2D eigenvalue weighted by Crippen LogP contribution is 2.50. The van der Waals surface area contributed by atoms with E-state index in [0.29, 0.717) is 5.56 Å². The average molecular weight is 602 g/mol. The third-order valence-corrected chi connectivity index (χ3v) is 10.4. The molecule has 1 aliphatic rings. The van der Waals surface area contributed by atoms with Gasteiger partial charge in [-0.2, -0.15) is 0 Å². The molecule has 9 aromatic rings. The lowest BCUT2D eigenvalue weighted by molar-refractivity contribution is 0.645.